The van der Waals surface area contributed by atoms with Gasteiger partial charge >= 0.3 is 0 Å². The molecule has 1 saturated heterocycles. The lowest BCUT2D eigenvalue weighted by atomic mass is 10.3. The van der Waals surface area contributed by atoms with E-state index in [9.17, 15) is 8.42 Å². The zero-order valence-electron chi connectivity index (χ0n) is 14.6. The van der Waals surface area contributed by atoms with Crippen molar-refractivity contribution >= 4 is 39.0 Å². The average Bonchev–Trinajstić information content (AvgIpc) is 3.25. The van der Waals surface area contributed by atoms with E-state index in [1.54, 1.807) is 12.3 Å². The zero-order chi connectivity index (χ0) is 19.7. The van der Waals surface area contributed by atoms with Gasteiger partial charge in [-0.15, -0.1) is 10.2 Å². The Morgan fingerprint density at radius 3 is 2.32 bits per heavy atom. The van der Waals surface area contributed by atoms with Crippen molar-refractivity contribution < 1.29 is 12.8 Å². The van der Waals surface area contributed by atoms with Crippen molar-refractivity contribution in [2.75, 3.05) is 31.1 Å². The summed E-state index contributed by atoms with van der Waals surface area (Å²) in [5.74, 6) is 1.35. The molecule has 0 amide bonds. The Hall–Kier alpha value is -2.13. The lowest BCUT2D eigenvalue weighted by Crippen LogP contribution is -2.49. The van der Waals surface area contributed by atoms with Gasteiger partial charge in [0, 0.05) is 26.2 Å². The van der Waals surface area contributed by atoms with E-state index in [-0.39, 0.29) is 9.92 Å². The highest BCUT2D eigenvalue weighted by atomic mass is 35.5. The summed E-state index contributed by atoms with van der Waals surface area (Å²) in [7, 11) is -3.63. The van der Waals surface area contributed by atoms with Gasteiger partial charge in [-0.3, -0.25) is 0 Å². The fourth-order valence-corrected chi connectivity index (χ4v) is 4.81. The average molecular weight is 439 g/mol. The van der Waals surface area contributed by atoms with Gasteiger partial charge < -0.3 is 9.32 Å². The van der Waals surface area contributed by atoms with Crippen molar-refractivity contribution in [2.45, 2.75) is 4.90 Å². The highest BCUT2D eigenvalue weighted by Gasteiger charge is 2.29. The Morgan fingerprint density at radius 1 is 0.929 bits per heavy atom. The van der Waals surface area contributed by atoms with Crippen LogP contribution in [0.2, 0.25) is 10.0 Å². The molecule has 146 valence electrons. The van der Waals surface area contributed by atoms with Gasteiger partial charge in [0.15, 0.2) is 11.6 Å². The van der Waals surface area contributed by atoms with E-state index in [0.717, 1.165) is 0 Å². The van der Waals surface area contributed by atoms with Crippen molar-refractivity contribution in [3.8, 4) is 11.5 Å². The molecule has 0 atom stereocenters. The van der Waals surface area contributed by atoms with Gasteiger partial charge in [0.1, 0.15) is 5.69 Å². The van der Waals surface area contributed by atoms with Gasteiger partial charge in [-0.1, -0.05) is 23.2 Å². The largest absolute Gasteiger partial charge is 0.463 e. The van der Waals surface area contributed by atoms with Crippen molar-refractivity contribution in [1.29, 1.82) is 0 Å². The number of piperazine rings is 1. The van der Waals surface area contributed by atoms with Gasteiger partial charge in [0.25, 0.3) is 0 Å². The van der Waals surface area contributed by atoms with Crippen LogP contribution in [0.5, 0.6) is 0 Å². The molecule has 0 N–H and O–H groups in total. The van der Waals surface area contributed by atoms with E-state index in [2.05, 4.69) is 10.2 Å². The van der Waals surface area contributed by atoms with Crippen molar-refractivity contribution in [3.05, 3.63) is 58.8 Å². The third-order valence-electron chi connectivity index (χ3n) is 4.52. The van der Waals surface area contributed by atoms with Gasteiger partial charge in [0.2, 0.25) is 10.0 Å². The van der Waals surface area contributed by atoms with E-state index >= 15 is 0 Å². The highest BCUT2D eigenvalue weighted by molar-refractivity contribution is 7.89. The molecule has 1 aliphatic heterocycles. The summed E-state index contributed by atoms with van der Waals surface area (Å²) >= 11 is 11.8. The molecule has 10 heteroatoms. The number of hydrogen-bond acceptors (Lipinski definition) is 6. The van der Waals surface area contributed by atoms with E-state index < -0.39 is 10.0 Å². The third kappa shape index (κ3) is 3.73. The first kappa shape index (κ1) is 19.2. The molecule has 0 unspecified atom stereocenters. The van der Waals surface area contributed by atoms with Crippen LogP contribution in [0, 0.1) is 0 Å². The van der Waals surface area contributed by atoms with Gasteiger partial charge in [-0.25, -0.2) is 8.42 Å². The molecule has 3 aromatic rings. The van der Waals surface area contributed by atoms with Crippen molar-refractivity contribution in [1.82, 2.24) is 14.5 Å². The molecule has 0 bridgehead atoms. The molecule has 1 fully saturated rings. The normalized spacial score (nSPS) is 15.7. The van der Waals surface area contributed by atoms with E-state index in [4.69, 9.17) is 27.6 Å². The second kappa shape index (κ2) is 7.71. The number of rotatable bonds is 4. The Labute approximate surface area is 172 Å². The highest BCUT2D eigenvalue weighted by Crippen LogP contribution is 2.27. The summed E-state index contributed by atoms with van der Waals surface area (Å²) in [6, 6.07) is 11.6. The maximum atomic E-state index is 12.8. The zero-order valence-corrected chi connectivity index (χ0v) is 17.0. The topological polar surface area (TPSA) is 79.5 Å². The number of benzene rings is 1. The van der Waals surface area contributed by atoms with Gasteiger partial charge in [0.05, 0.1) is 21.2 Å². The molecule has 0 radical (unpaired) electrons. The van der Waals surface area contributed by atoms with Crippen LogP contribution in [0.4, 0.5) is 5.82 Å². The molecule has 3 heterocycles. The fourth-order valence-electron chi connectivity index (χ4n) is 2.99. The molecule has 0 spiro atoms. The molecular formula is C18H16Cl2N4O3S. The number of aromatic nitrogens is 2. The summed E-state index contributed by atoms with van der Waals surface area (Å²) in [6.07, 6.45) is 1.58. The molecule has 1 aliphatic rings. The summed E-state index contributed by atoms with van der Waals surface area (Å²) in [6.45, 7) is 1.69. The quantitative estimate of drug-likeness (QED) is 0.619. The summed E-state index contributed by atoms with van der Waals surface area (Å²) in [5.41, 5.74) is 0.648. The minimum Gasteiger partial charge on any atom is -0.463 e. The first-order valence-corrected chi connectivity index (χ1v) is 10.7. The minimum atomic E-state index is -3.63. The van der Waals surface area contributed by atoms with Gasteiger partial charge in [-0.05, 0) is 42.5 Å². The second-order valence-corrected chi connectivity index (χ2v) is 8.97. The fraction of sp³-hybridized carbons (Fsp3) is 0.222. The molecule has 1 aromatic carbocycles. The number of sulfonamides is 1. The van der Waals surface area contributed by atoms with E-state index in [1.807, 2.05) is 23.1 Å². The first-order valence-electron chi connectivity index (χ1n) is 8.53. The van der Waals surface area contributed by atoms with Crippen molar-refractivity contribution in [2.24, 2.45) is 0 Å². The molecule has 0 aliphatic carbocycles. The molecular weight excluding hydrogens is 423 g/mol. The molecule has 28 heavy (non-hydrogen) atoms. The van der Waals surface area contributed by atoms with Crippen LogP contribution in [0.3, 0.4) is 0 Å². The molecule has 0 saturated carbocycles. The van der Waals surface area contributed by atoms with Crippen molar-refractivity contribution in [3.63, 3.8) is 0 Å². The van der Waals surface area contributed by atoms with Crippen LogP contribution in [0.25, 0.3) is 11.5 Å². The number of anilines is 1. The predicted molar refractivity (Wildman–Crippen MR) is 107 cm³/mol. The molecule has 4 rings (SSSR count). The molecule has 7 nitrogen and oxygen atoms in total. The van der Waals surface area contributed by atoms with Crippen LogP contribution in [0.15, 0.2) is 58.0 Å². The summed E-state index contributed by atoms with van der Waals surface area (Å²) < 4.78 is 32.4. The van der Waals surface area contributed by atoms with Gasteiger partial charge in [-0.2, -0.15) is 4.31 Å². The molecule has 2 aromatic heterocycles. The van der Waals surface area contributed by atoms with E-state index in [0.29, 0.717) is 48.5 Å². The Bertz CT molecular complexity index is 1060. The minimum absolute atomic E-state index is 0.137. The van der Waals surface area contributed by atoms with Crippen LogP contribution < -0.4 is 4.90 Å². The number of halogens is 2. The maximum Gasteiger partial charge on any atom is 0.243 e. The second-order valence-electron chi connectivity index (χ2n) is 6.22. The SMILES string of the molecule is O=S(=O)(c1ccc(Cl)c(Cl)c1)N1CCN(c2ccc(-c3ccco3)nn2)CC1. The van der Waals surface area contributed by atoms with Crippen LogP contribution in [-0.2, 0) is 10.0 Å². The summed E-state index contributed by atoms with van der Waals surface area (Å²) in [5, 5.41) is 8.96. The monoisotopic (exact) mass is 438 g/mol. The Morgan fingerprint density at radius 2 is 1.71 bits per heavy atom. The number of furan rings is 1. The number of nitrogens with zero attached hydrogens (tertiary/aromatic N) is 4. The van der Waals surface area contributed by atoms with E-state index in [1.165, 1.54) is 22.5 Å². The first-order chi connectivity index (χ1) is 13.4. The van der Waals surface area contributed by atoms with Crippen LogP contribution in [0.1, 0.15) is 0 Å². The summed E-state index contributed by atoms with van der Waals surface area (Å²) in [4.78, 5) is 2.14. The lowest BCUT2D eigenvalue weighted by Gasteiger charge is -2.34. The standard InChI is InChI=1S/C18H16Cl2N4O3S/c19-14-4-3-13(12-15(14)20)28(25,26)24-9-7-23(8-10-24)18-6-5-16(21-22-18)17-2-1-11-27-17/h1-6,11-12H,7-10H2. The smallest absolute Gasteiger partial charge is 0.243 e. The van der Waals surface area contributed by atoms with Crippen LogP contribution >= 0.6 is 23.2 Å². The lowest BCUT2D eigenvalue weighted by molar-refractivity contribution is 0.383. The number of hydrogen-bond donors (Lipinski definition) is 0. The maximum absolute atomic E-state index is 12.8. The predicted octanol–water partition coefficient (Wildman–Crippen LogP) is 3.55. The Kier molecular flexibility index (Phi) is 5.29. The third-order valence-corrected chi connectivity index (χ3v) is 7.15. The van der Waals surface area contributed by atoms with Crippen LogP contribution in [-0.4, -0.2) is 49.1 Å². The Balaban J connectivity index is 1.44.